The fourth-order valence-corrected chi connectivity index (χ4v) is 2.94. The Kier molecular flexibility index (Phi) is 5.56. The number of amides is 1. The van der Waals surface area contributed by atoms with Gasteiger partial charge >= 0.3 is 0 Å². The number of carbonyl (C=O) groups excluding carboxylic acids is 1. The number of benzene rings is 1. The average molecular weight is 277 g/mol. The molecule has 1 N–H and O–H groups in total. The predicted octanol–water partition coefficient (Wildman–Crippen LogP) is 2.21. The molecule has 0 radical (unpaired) electrons. The van der Waals surface area contributed by atoms with Gasteiger partial charge in [-0.25, -0.2) is 0 Å². The van der Waals surface area contributed by atoms with Crippen molar-refractivity contribution in [1.29, 1.82) is 0 Å². The highest BCUT2D eigenvalue weighted by Gasteiger charge is 2.27. The summed E-state index contributed by atoms with van der Waals surface area (Å²) in [6.07, 6.45) is 4.41. The molecule has 0 aromatic heterocycles. The van der Waals surface area contributed by atoms with Gasteiger partial charge in [-0.2, -0.15) is 0 Å². The van der Waals surface area contributed by atoms with E-state index in [1.165, 1.54) is 12.8 Å². The first-order valence-electron chi connectivity index (χ1n) is 7.26. The minimum absolute atomic E-state index is 0.00862. The van der Waals surface area contributed by atoms with Gasteiger partial charge in [-0.3, -0.25) is 4.79 Å². The van der Waals surface area contributed by atoms with Crippen LogP contribution in [0.25, 0.3) is 0 Å². The molecule has 1 saturated carbocycles. The van der Waals surface area contributed by atoms with Crippen LogP contribution in [0.5, 0.6) is 0 Å². The summed E-state index contributed by atoms with van der Waals surface area (Å²) in [5.74, 6) is 0.0126. The highest BCUT2D eigenvalue weighted by atomic mass is 16.5. The summed E-state index contributed by atoms with van der Waals surface area (Å²) < 4.78 is 5.16. The van der Waals surface area contributed by atoms with Crippen LogP contribution in [-0.4, -0.2) is 42.2 Å². The Morgan fingerprint density at radius 3 is 2.70 bits per heavy atom. The Hall–Kier alpha value is -1.39. The Bertz CT molecular complexity index is 441. The van der Waals surface area contributed by atoms with E-state index in [0.29, 0.717) is 18.7 Å². The van der Waals surface area contributed by atoms with E-state index in [0.717, 1.165) is 18.4 Å². The second kappa shape index (κ2) is 7.41. The molecule has 4 heteroatoms. The maximum Gasteiger partial charge on any atom is 0.254 e. The molecule has 0 aliphatic heterocycles. The van der Waals surface area contributed by atoms with Gasteiger partial charge in [0.2, 0.25) is 0 Å². The van der Waals surface area contributed by atoms with Crippen LogP contribution in [0.1, 0.15) is 41.6 Å². The van der Waals surface area contributed by atoms with Crippen LogP contribution in [0.2, 0.25) is 0 Å². The molecular weight excluding hydrogens is 254 g/mol. The molecule has 1 aromatic carbocycles. The third kappa shape index (κ3) is 3.38. The van der Waals surface area contributed by atoms with Crippen molar-refractivity contribution < 1.29 is 14.6 Å². The van der Waals surface area contributed by atoms with Gasteiger partial charge in [-0.15, -0.1) is 0 Å². The SMILES string of the molecule is COCc1ccccc1C(=O)N(CCO)C1CCCC1. The number of nitrogens with zero attached hydrogens (tertiary/aromatic N) is 1. The van der Waals surface area contributed by atoms with Crippen LogP contribution in [0.3, 0.4) is 0 Å². The van der Waals surface area contributed by atoms with Crippen LogP contribution in [0.15, 0.2) is 24.3 Å². The van der Waals surface area contributed by atoms with Crippen LogP contribution in [0, 0.1) is 0 Å². The van der Waals surface area contributed by atoms with Gasteiger partial charge in [-0.05, 0) is 24.5 Å². The van der Waals surface area contributed by atoms with Crippen LogP contribution in [0.4, 0.5) is 0 Å². The molecule has 0 bridgehead atoms. The van der Waals surface area contributed by atoms with Crippen molar-refractivity contribution in [3.8, 4) is 0 Å². The molecule has 4 nitrogen and oxygen atoms in total. The van der Waals surface area contributed by atoms with Crippen molar-refractivity contribution in [3.63, 3.8) is 0 Å². The molecule has 1 aromatic rings. The molecule has 1 fully saturated rings. The van der Waals surface area contributed by atoms with Crippen LogP contribution in [-0.2, 0) is 11.3 Å². The first-order valence-corrected chi connectivity index (χ1v) is 7.26. The second-order valence-electron chi connectivity index (χ2n) is 5.25. The predicted molar refractivity (Wildman–Crippen MR) is 77.5 cm³/mol. The highest BCUT2D eigenvalue weighted by Crippen LogP contribution is 2.25. The van der Waals surface area contributed by atoms with E-state index in [2.05, 4.69) is 0 Å². The summed E-state index contributed by atoms with van der Waals surface area (Å²) in [4.78, 5) is 14.6. The van der Waals surface area contributed by atoms with Crippen LogP contribution >= 0.6 is 0 Å². The van der Waals surface area contributed by atoms with Crippen molar-refractivity contribution in [2.24, 2.45) is 0 Å². The Balaban J connectivity index is 2.22. The number of hydrogen-bond acceptors (Lipinski definition) is 3. The van der Waals surface area contributed by atoms with E-state index in [1.807, 2.05) is 29.2 Å². The third-order valence-electron chi connectivity index (χ3n) is 3.91. The van der Waals surface area contributed by atoms with Gasteiger partial charge in [0.05, 0.1) is 13.2 Å². The molecular formula is C16H23NO3. The molecule has 0 atom stereocenters. The van der Waals surface area contributed by atoms with E-state index in [4.69, 9.17) is 4.74 Å². The van der Waals surface area contributed by atoms with Gasteiger partial charge in [0.15, 0.2) is 0 Å². The van der Waals surface area contributed by atoms with E-state index < -0.39 is 0 Å². The monoisotopic (exact) mass is 277 g/mol. The molecule has 1 aliphatic rings. The molecule has 1 aliphatic carbocycles. The third-order valence-corrected chi connectivity index (χ3v) is 3.91. The molecule has 0 saturated heterocycles. The normalized spacial score (nSPS) is 15.5. The minimum Gasteiger partial charge on any atom is -0.395 e. The van der Waals surface area contributed by atoms with Gasteiger partial charge in [0.1, 0.15) is 0 Å². The molecule has 20 heavy (non-hydrogen) atoms. The van der Waals surface area contributed by atoms with Gasteiger partial charge in [-0.1, -0.05) is 31.0 Å². The molecule has 0 spiro atoms. The number of rotatable bonds is 6. The lowest BCUT2D eigenvalue weighted by molar-refractivity contribution is 0.0633. The van der Waals surface area contributed by atoms with Gasteiger partial charge < -0.3 is 14.7 Å². The molecule has 0 heterocycles. The molecule has 110 valence electrons. The fourth-order valence-electron chi connectivity index (χ4n) is 2.94. The van der Waals surface area contributed by atoms with Gasteiger partial charge in [0.25, 0.3) is 5.91 Å². The van der Waals surface area contributed by atoms with Crippen LogP contribution < -0.4 is 0 Å². The first-order chi connectivity index (χ1) is 9.77. The Morgan fingerprint density at radius 1 is 1.35 bits per heavy atom. The number of carbonyl (C=O) groups is 1. The van der Waals surface area contributed by atoms with Crippen molar-refractivity contribution in [2.75, 3.05) is 20.3 Å². The summed E-state index contributed by atoms with van der Waals surface area (Å²) in [7, 11) is 1.63. The van der Waals surface area contributed by atoms with E-state index in [9.17, 15) is 9.90 Å². The van der Waals surface area contributed by atoms with E-state index in [1.54, 1.807) is 7.11 Å². The van der Waals surface area contributed by atoms with Crippen molar-refractivity contribution in [2.45, 2.75) is 38.3 Å². The topological polar surface area (TPSA) is 49.8 Å². The molecule has 0 unspecified atom stereocenters. The lowest BCUT2D eigenvalue weighted by atomic mass is 10.1. The maximum absolute atomic E-state index is 12.8. The Labute approximate surface area is 120 Å². The van der Waals surface area contributed by atoms with E-state index >= 15 is 0 Å². The average Bonchev–Trinajstić information content (AvgIpc) is 2.99. The van der Waals surface area contributed by atoms with Gasteiger partial charge in [0, 0.05) is 25.3 Å². The zero-order valence-corrected chi connectivity index (χ0v) is 12.0. The largest absolute Gasteiger partial charge is 0.395 e. The minimum atomic E-state index is 0.00862. The summed E-state index contributed by atoms with van der Waals surface area (Å²) in [5, 5.41) is 9.25. The standard InChI is InChI=1S/C16H23NO3/c1-20-12-13-6-2-5-9-15(13)16(19)17(10-11-18)14-7-3-4-8-14/h2,5-6,9,14,18H,3-4,7-8,10-12H2,1H3. The quantitative estimate of drug-likeness (QED) is 0.867. The van der Waals surface area contributed by atoms with Crippen molar-refractivity contribution in [1.82, 2.24) is 4.90 Å². The zero-order chi connectivity index (χ0) is 14.4. The van der Waals surface area contributed by atoms with Crippen molar-refractivity contribution in [3.05, 3.63) is 35.4 Å². The number of methoxy groups -OCH3 is 1. The van der Waals surface area contributed by atoms with E-state index in [-0.39, 0.29) is 18.6 Å². The lowest BCUT2D eigenvalue weighted by Crippen LogP contribution is -2.41. The molecule has 2 rings (SSSR count). The highest BCUT2D eigenvalue weighted by molar-refractivity contribution is 5.95. The zero-order valence-electron chi connectivity index (χ0n) is 12.0. The number of aliphatic hydroxyl groups excluding tert-OH is 1. The fraction of sp³-hybridized carbons (Fsp3) is 0.562. The maximum atomic E-state index is 12.8. The summed E-state index contributed by atoms with van der Waals surface area (Å²) in [5.41, 5.74) is 1.59. The molecule has 1 amide bonds. The number of ether oxygens (including phenoxy) is 1. The Morgan fingerprint density at radius 2 is 2.05 bits per heavy atom. The lowest BCUT2D eigenvalue weighted by Gasteiger charge is -2.29. The first kappa shape index (κ1) is 15.0. The smallest absolute Gasteiger partial charge is 0.254 e. The summed E-state index contributed by atoms with van der Waals surface area (Å²) >= 11 is 0. The second-order valence-corrected chi connectivity index (χ2v) is 5.25. The number of hydrogen-bond donors (Lipinski definition) is 1. The number of aliphatic hydroxyl groups is 1. The summed E-state index contributed by atoms with van der Waals surface area (Å²) in [6.45, 7) is 0.846. The summed E-state index contributed by atoms with van der Waals surface area (Å²) in [6, 6.07) is 7.82. The van der Waals surface area contributed by atoms with Crippen molar-refractivity contribution >= 4 is 5.91 Å².